The summed E-state index contributed by atoms with van der Waals surface area (Å²) in [4.78, 5) is 18.4. The summed E-state index contributed by atoms with van der Waals surface area (Å²) in [6, 6.07) is 12.4. The van der Waals surface area contributed by atoms with Crippen molar-refractivity contribution in [2.24, 2.45) is 0 Å². The van der Waals surface area contributed by atoms with Crippen LogP contribution in [0.25, 0.3) is 11.0 Å². The molecular formula is C14H10BrClN4O2. The number of hydrogen-bond acceptors (Lipinski definition) is 4. The number of amides is 1. The molecule has 2 aromatic carbocycles. The summed E-state index contributed by atoms with van der Waals surface area (Å²) in [6.45, 7) is -0.197. The normalized spacial score (nSPS) is 10.6. The Bertz CT molecular complexity index is 837. The summed E-state index contributed by atoms with van der Waals surface area (Å²) in [5.41, 5.74) is 1.91. The molecule has 0 aliphatic carbocycles. The van der Waals surface area contributed by atoms with Gasteiger partial charge in [-0.15, -0.1) is 5.10 Å². The molecule has 112 valence electrons. The van der Waals surface area contributed by atoms with Crippen LogP contribution >= 0.6 is 27.5 Å². The van der Waals surface area contributed by atoms with Crippen LogP contribution in [0.5, 0.6) is 0 Å². The number of nitrogens with one attached hydrogen (secondary N) is 1. The molecule has 0 unspecified atom stereocenters. The molecule has 0 aliphatic rings. The number of carbonyl (C=O) groups is 1. The molecule has 1 aromatic heterocycles. The fraction of sp³-hybridized carbons (Fsp3) is 0.0714. The van der Waals surface area contributed by atoms with E-state index in [-0.39, 0.29) is 12.5 Å². The molecule has 6 nitrogen and oxygen atoms in total. The molecule has 0 radical (unpaired) electrons. The predicted molar refractivity (Wildman–Crippen MR) is 86.8 cm³/mol. The van der Waals surface area contributed by atoms with Crippen LogP contribution in [-0.4, -0.2) is 27.7 Å². The minimum absolute atomic E-state index is 0.197. The Morgan fingerprint density at radius 3 is 3.00 bits per heavy atom. The highest BCUT2D eigenvalue weighted by molar-refractivity contribution is 9.10. The minimum Gasteiger partial charge on any atom is -0.385 e. The molecule has 22 heavy (non-hydrogen) atoms. The number of hydrogen-bond donors (Lipinski definition) is 1. The fourth-order valence-electron chi connectivity index (χ4n) is 1.85. The molecule has 1 heterocycles. The highest BCUT2D eigenvalue weighted by Gasteiger charge is 2.09. The van der Waals surface area contributed by atoms with Crippen LogP contribution in [0, 0.1) is 0 Å². The lowest BCUT2D eigenvalue weighted by Gasteiger charge is -2.07. The van der Waals surface area contributed by atoms with Gasteiger partial charge in [-0.25, -0.2) is 0 Å². The second-order valence-electron chi connectivity index (χ2n) is 4.43. The van der Waals surface area contributed by atoms with Gasteiger partial charge in [0, 0.05) is 15.2 Å². The number of rotatable bonds is 4. The number of aromatic nitrogens is 3. The van der Waals surface area contributed by atoms with Crippen molar-refractivity contribution in [3.63, 3.8) is 0 Å². The van der Waals surface area contributed by atoms with E-state index in [1.165, 1.54) is 4.85 Å². The van der Waals surface area contributed by atoms with Gasteiger partial charge in [0.2, 0.25) is 0 Å². The second-order valence-corrected chi connectivity index (χ2v) is 5.78. The number of anilines is 1. The molecule has 0 saturated carbocycles. The first-order chi connectivity index (χ1) is 10.6. The highest BCUT2D eigenvalue weighted by atomic mass is 79.9. The first-order valence-electron chi connectivity index (χ1n) is 6.31. The smallest absolute Gasteiger partial charge is 0.265 e. The van der Waals surface area contributed by atoms with Crippen LogP contribution in [-0.2, 0) is 4.79 Å². The number of nitrogens with zero attached hydrogens (tertiary/aromatic N) is 3. The van der Waals surface area contributed by atoms with Crippen molar-refractivity contribution in [2.75, 3.05) is 11.9 Å². The molecule has 1 amide bonds. The lowest BCUT2D eigenvalue weighted by molar-refractivity contribution is -0.121. The largest absolute Gasteiger partial charge is 0.385 e. The summed E-state index contributed by atoms with van der Waals surface area (Å²) >= 11 is 9.26. The van der Waals surface area contributed by atoms with E-state index in [0.29, 0.717) is 21.7 Å². The first kappa shape index (κ1) is 14.8. The molecule has 0 fully saturated rings. The van der Waals surface area contributed by atoms with Gasteiger partial charge in [0.05, 0.1) is 0 Å². The Hall–Kier alpha value is -2.12. The van der Waals surface area contributed by atoms with Crippen molar-refractivity contribution in [1.82, 2.24) is 15.2 Å². The van der Waals surface area contributed by atoms with Gasteiger partial charge in [0.25, 0.3) is 5.91 Å². The van der Waals surface area contributed by atoms with Gasteiger partial charge in [0.15, 0.2) is 6.61 Å². The maximum Gasteiger partial charge on any atom is 0.265 e. The third-order valence-electron chi connectivity index (χ3n) is 2.80. The summed E-state index contributed by atoms with van der Waals surface area (Å²) < 4.78 is 0.878. The summed E-state index contributed by atoms with van der Waals surface area (Å²) in [7, 11) is 0. The average molecular weight is 382 g/mol. The van der Waals surface area contributed by atoms with Gasteiger partial charge in [-0.05, 0) is 41.6 Å². The third-order valence-corrected chi connectivity index (χ3v) is 3.53. The molecule has 3 rings (SSSR count). The van der Waals surface area contributed by atoms with E-state index in [0.717, 1.165) is 4.47 Å². The molecule has 0 saturated heterocycles. The SMILES string of the molecule is O=C(COn1nnc2ccc(Cl)cc21)Nc1cccc(Br)c1. The monoisotopic (exact) mass is 380 g/mol. The van der Waals surface area contributed by atoms with Gasteiger partial charge in [-0.1, -0.05) is 38.4 Å². The number of carbonyl (C=O) groups excluding carboxylic acids is 1. The first-order valence-corrected chi connectivity index (χ1v) is 7.48. The molecular weight excluding hydrogens is 372 g/mol. The summed E-state index contributed by atoms with van der Waals surface area (Å²) in [5.74, 6) is -0.302. The zero-order valence-corrected chi connectivity index (χ0v) is 13.5. The highest BCUT2D eigenvalue weighted by Crippen LogP contribution is 2.17. The number of fused-ring (bicyclic) bond motifs is 1. The molecule has 0 bridgehead atoms. The maximum absolute atomic E-state index is 11.9. The predicted octanol–water partition coefficient (Wildman–Crippen LogP) is 2.91. The standard InChI is InChI=1S/C14H10BrClN4O2/c15-9-2-1-3-11(6-9)17-14(21)8-22-20-13-7-10(16)4-5-12(13)18-19-20/h1-7H,8H2,(H,17,21). The topological polar surface area (TPSA) is 69.0 Å². The summed E-state index contributed by atoms with van der Waals surface area (Å²) in [6.07, 6.45) is 0. The number of halogens is 2. The van der Waals surface area contributed by atoms with E-state index < -0.39 is 0 Å². The van der Waals surface area contributed by atoms with E-state index in [2.05, 4.69) is 31.6 Å². The zero-order chi connectivity index (χ0) is 15.5. The van der Waals surface area contributed by atoms with Crippen LogP contribution < -0.4 is 10.2 Å². The minimum atomic E-state index is -0.302. The van der Waals surface area contributed by atoms with E-state index >= 15 is 0 Å². The van der Waals surface area contributed by atoms with Crippen molar-refractivity contribution in [3.05, 3.63) is 52.0 Å². The summed E-state index contributed by atoms with van der Waals surface area (Å²) in [5, 5.41) is 11.0. The molecule has 0 atom stereocenters. The lowest BCUT2D eigenvalue weighted by Crippen LogP contribution is -2.26. The van der Waals surface area contributed by atoms with Crippen LogP contribution in [0.2, 0.25) is 5.02 Å². The molecule has 3 aromatic rings. The molecule has 8 heteroatoms. The Morgan fingerprint density at radius 1 is 1.32 bits per heavy atom. The van der Waals surface area contributed by atoms with E-state index in [1.54, 1.807) is 30.3 Å². The van der Waals surface area contributed by atoms with E-state index in [9.17, 15) is 4.79 Å². The van der Waals surface area contributed by atoms with Crippen molar-refractivity contribution in [1.29, 1.82) is 0 Å². The van der Waals surface area contributed by atoms with Crippen molar-refractivity contribution in [3.8, 4) is 0 Å². The Balaban J connectivity index is 1.66. The van der Waals surface area contributed by atoms with Crippen molar-refractivity contribution < 1.29 is 9.63 Å². The second kappa shape index (κ2) is 6.33. The average Bonchev–Trinajstić information content (AvgIpc) is 2.87. The Kier molecular flexibility index (Phi) is 4.26. The fourth-order valence-corrected chi connectivity index (χ4v) is 2.42. The van der Waals surface area contributed by atoms with Crippen molar-refractivity contribution >= 4 is 50.2 Å². The van der Waals surface area contributed by atoms with Gasteiger partial charge in [0.1, 0.15) is 11.0 Å². The van der Waals surface area contributed by atoms with Crippen molar-refractivity contribution in [2.45, 2.75) is 0 Å². The van der Waals surface area contributed by atoms with Crippen LogP contribution in [0.4, 0.5) is 5.69 Å². The van der Waals surface area contributed by atoms with E-state index in [4.69, 9.17) is 16.4 Å². The van der Waals surface area contributed by atoms with Gasteiger partial charge < -0.3 is 10.2 Å². The molecule has 0 aliphatic heterocycles. The van der Waals surface area contributed by atoms with Crippen LogP contribution in [0.15, 0.2) is 46.9 Å². The molecule has 0 spiro atoms. The number of benzene rings is 2. The van der Waals surface area contributed by atoms with Crippen LogP contribution in [0.1, 0.15) is 0 Å². The Labute approximate surface area is 139 Å². The van der Waals surface area contributed by atoms with E-state index in [1.807, 2.05) is 12.1 Å². The van der Waals surface area contributed by atoms with Crippen LogP contribution in [0.3, 0.4) is 0 Å². The van der Waals surface area contributed by atoms with Gasteiger partial charge >= 0.3 is 0 Å². The van der Waals surface area contributed by atoms with Gasteiger partial charge in [-0.2, -0.15) is 0 Å². The third kappa shape index (κ3) is 3.37. The maximum atomic E-state index is 11.9. The quantitative estimate of drug-likeness (QED) is 0.754. The Morgan fingerprint density at radius 2 is 2.18 bits per heavy atom. The lowest BCUT2D eigenvalue weighted by atomic mass is 10.3. The zero-order valence-electron chi connectivity index (χ0n) is 11.2. The van der Waals surface area contributed by atoms with Gasteiger partial charge in [-0.3, -0.25) is 4.79 Å². The molecule has 1 N–H and O–H groups in total.